The maximum absolute atomic E-state index is 12.2. The van der Waals surface area contributed by atoms with Crippen LogP contribution < -0.4 is 5.48 Å². The molecule has 0 radical (unpaired) electrons. The van der Waals surface area contributed by atoms with Gasteiger partial charge in [0.2, 0.25) is 0 Å². The molecule has 3 aromatic carbocycles. The Morgan fingerprint density at radius 1 is 0.909 bits per heavy atom. The standard InChI is InChI=1S/C20H12IN5O7/c21-17-4-2-1-3-15(17)20(28)33-24-13-7-5-12(6-8-13)22-23-19(27)16-10-9-14(25(29)30)11-18(16)26(31)32/h1-11,24H. The molecule has 0 saturated carbocycles. The first-order valence-corrected chi connectivity index (χ1v) is 10.0. The lowest BCUT2D eigenvalue weighted by Gasteiger charge is -2.07. The van der Waals surface area contributed by atoms with Gasteiger partial charge in [0.05, 0.1) is 32.9 Å². The van der Waals surface area contributed by atoms with Gasteiger partial charge in [0.1, 0.15) is 5.56 Å². The molecule has 0 fully saturated rings. The average molecular weight is 561 g/mol. The van der Waals surface area contributed by atoms with E-state index in [1.807, 2.05) is 22.6 Å². The molecule has 33 heavy (non-hydrogen) atoms. The first-order valence-electron chi connectivity index (χ1n) is 8.97. The van der Waals surface area contributed by atoms with Crippen LogP contribution in [0.5, 0.6) is 0 Å². The Hall–Kier alpha value is -4.27. The second-order valence-electron chi connectivity index (χ2n) is 6.24. The zero-order valence-corrected chi connectivity index (χ0v) is 18.5. The van der Waals surface area contributed by atoms with Gasteiger partial charge in [-0.3, -0.25) is 25.0 Å². The number of carbonyl (C=O) groups is 2. The zero-order valence-electron chi connectivity index (χ0n) is 16.4. The van der Waals surface area contributed by atoms with Gasteiger partial charge < -0.3 is 4.84 Å². The van der Waals surface area contributed by atoms with E-state index in [0.717, 1.165) is 15.7 Å². The Labute approximate surface area is 198 Å². The molecular weight excluding hydrogens is 549 g/mol. The van der Waals surface area contributed by atoms with Crippen LogP contribution in [0.3, 0.4) is 0 Å². The minimum atomic E-state index is -1.04. The largest absolute Gasteiger partial charge is 0.363 e. The normalized spacial score (nSPS) is 10.6. The highest BCUT2D eigenvalue weighted by Crippen LogP contribution is 2.26. The van der Waals surface area contributed by atoms with Crippen LogP contribution in [0, 0.1) is 23.8 Å². The van der Waals surface area contributed by atoms with Crippen LogP contribution in [0.1, 0.15) is 20.7 Å². The van der Waals surface area contributed by atoms with Gasteiger partial charge in [-0.05, 0) is 65.1 Å². The third-order valence-corrected chi connectivity index (χ3v) is 5.04. The lowest BCUT2D eigenvalue weighted by Crippen LogP contribution is -2.11. The molecule has 0 aliphatic rings. The van der Waals surface area contributed by atoms with Gasteiger partial charge in [0.15, 0.2) is 0 Å². The highest BCUT2D eigenvalue weighted by atomic mass is 127. The Morgan fingerprint density at radius 3 is 2.24 bits per heavy atom. The van der Waals surface area contributed by atoms with Crippen molar-refractivity contribution in [2.24, 2.45) is 10.2 Å². The number of halogens is 1. The number of hydrogen-bond donors (Lipinski definition) is 1. The summed E-state index contributed by atoms with van der Waals surface area (Å²) in [7, 11) is 0. The predicted octanol–water partition coefficient (Wildman–Crippen LogP) is 5.22. The number of nitro groups is 2. The van der Waals surface area contributed by atoms with E-state index < -0.39 is 38.7 Å². The lowest BCUT2D eigenvalue weighted by molar-refractivity contribution is -0.394. The molecule has 0 unspecified atom stereocenters. The summed E-state index contributed by atoms with van der Waals surface area (Å²) in [5.74, 6) is -1.61. The molecule has 1 amide bonds. The summed E-state index contributed by atoms with van der Waals surface area (Å²) in [5, 5.41) is 29.1. The monoisotopic (exact) mass is 561 g/mol. The number of amides is 1. The maximum Gasteiger partial charge on any atom is 0.363 e. The zero-order chi connectivity index (χ0) is 24.0. The van der Waals surface area contributed by atoms with Crippen molar-refractivity contribution in [3.63, 3.8) is 0 Å². The third kappa shape index (κ3) is 5.91. The fourth-order valence-electron chi connectivity index (χ4n) is 2.51. The predicted molar refractivity (Wildman–Crippen MR) is 123 cm³/mol. The molecule has 13 heteroatoms. The summed E-state index contributed by atoms with van der Waals surface area (Å²) in [6.07, 6.45) is 0. The van der Waals surface area contributed by atoms with E-state index in [0.29, 0.717) is 17.3 Å². The molecular formula is C20H12IN5O7. The quantitative estimate of drug-likeness (QED) is 0.177. The Morgan fingerprint density at radius 2 is 1.61 bits per heavy atom. The Bertz CT molecular complexity index is 1280. The van der Waals surface area contributed by atoms with E-state index >= 15 is 0 Å². The molecule has 3 rings (SSSR count). The van der Waals surface area contributed by atoms with Gasteiger partial charge in [-0.25, -0.2) is 10.3 Å². The van der Waals surface area contributed by atoms with E-state index in [9.17, 15) is 29.8 Å². The molecule has 0 aromatic heterocycles. The van der Waals surface area contributed by atoms with Crippen molar-refractivity contribution in [3.05, 3.63) is 102 Å². The molecule has 0 heterocycles. The van der Waals surface area contributed by atoms with Crippen molar-refractivity contribution in [1.29, 1.82) is 0 Å². The number of carbonyl (C=O) groups excluding carboxylic acids is 2. The van der Waals surface area contributed by atoms with Crippen LogP contribution in [0.2, 0.25) is 0 Å². The smallest absolute Gasteiger partial charge is 0.338 e. The summed E-state index contributed by atoms with van der Waals surface area (Å²) in [4.78, 5) is 49.6. The van der Waals surface area contributed by atoms with E-state index in [1.165, 1.54) is 24.3 Å². The molecule has 166 valence electrons. The molecule has 3 aromatic rings. The van der Waals surface area contributed by atoms with E-state index in [2.05, 4.69) is 15.7 Å². The average Bonchev–Trinajstić information content (AvgIpc) is 2.81. The van der Waals surface area contributed by atoms with E-state index in [-0.39, 0.29) is 5.69 Å². The molecule has 0 bridgehead atoms. The van der Waals surface area contributed by atoms with Gasteiger partial charge in [-0.2, -0.15) is 0 Å². The number of hydrogen-bond acceptors (Lipinski definition) is 9. The summed E-state index contributed by atoms with van der Waals surface area (Å²) >= 11 is 2.02. The van der Waals surface area contributed by atoms with Crippen LogP contribution in [0.15, 0.2) is 77.0 Å². The van der Waals surface area contributed by atoms with Gasteiger partial charge in [-0.15, -0.1) is 10.2 Å². The molecule has 0 aliphatic carbocycles. The van der Waals surface area contributed by atoms with E-state index in [1.54, 1.807) is 24.3 Å². The number of benzene rings is 3. The summed E-state index contributed by atoms with van der Waals surface area (Å²) < 4.78 is 0.732. The lowest BCUT2D eigenvalue weighted by atomic mass is 10.1. The summed E-state index contributed by atoms with van der Waals surface area (Å²) in [6, 6.07) is 15.4. The van der Waals surface area contributed by atoms with Crippen molar-refractivity contribution < 1.29 is 24.3 Å². The van der Waals surface area contributed by atoms with Crippen LogP contribution in [-0.2, 0) is 4.84 Å². The molecule has 0 spiro atoms. The summed E-state index contributed by atoms with van der Waals surface area (Å²) in [5.41, 5.74) is 1.85. The maximum atomic E-state index is 12.2. The van der Waals surface area contributed by atoms with Crippen LogP contribution in [0.4, 0.5) is 22.7 Å². The number of nitrogens with zero attached hydrogens (tertiary/aromatic N) is 4. The second kappa shape index (κ2) is 10.4. The Balaban J connectivity index is 1.66. The molecule has 0 aliphatic heterocycles. The van der Waals surface area contributed by atoms with Crippen LogP contribution in [-0.4, -0.2) is 21.7 Å². The van der Waals surface area contributed by atoms with Crippen molar-refractivity contribution in [1.82, 2.24) is 0 Å². The van der Waals surface area contributed by atoms with Crippen molar-refractivity contribution in [2.75, 3.05) is 5.48 Å². The van der Waals surface area contributed by atoms with Gasteiger partial charge in [-0.1, -0.05) is 12.1 Å². The van der Waals surface area contributed by atoms with Crippen molar-refractivity contribution in [2.45, 2.75) is 0 Å². The number of azo groups is 1. The third-order valence-electron chi connectivity index (χ3n) is 4.10. The van der Waals surface area contributed by atoms with Gasteiger partial charge in [0, 0.05) is 9.64 Å². The first kappa shape index (κ1) is 23.4. The van der Waals surface area contributed by atoms with Crippen molar-refractivity contribution >= 4 is 57.2 Å². The summed E-state index contributed by atoms with van der Waals surface area (Å²) in [6.45, 7) is 0. The first-order chi connectivity index (χ1) is 15.8. The molecule has 0 saturated heterocycles. The topological polar surface area (TPSA) is 166 Å². The van der Waals surface area contributed by atoms with Gasteiger partial charge in [0.25, 0.3) is 11.4 Å². The number of nitrogens with one attached hydrogen (secondary N) is 1. The highest BCUT2D eigenvalue weighted by Gasteiger charge is 2.24. The molecule has 1 N–H and O–H groups in total. The van der Waals surface area contributed by atoms with Crippen molar-refractivity contribution in [3.8, 4) is 0 Å². The number of anilines is 1. The minimum Gasteiger partial charge on any atom is -0.338 e. The molecule has 12 nitrogen and oxygen atoms in total. The number of nitro benzene ring substituents is 2. The van der Waals surface area contributed by atoms with Crippen LogP contribution in [0.25, 0.3) is 0 Å². The molecule has 0 atom stereocenters. The minimum absolute atomic E-state index is 0.238. The van der Waals surface area contributed by atoms with Gasteiger partial charge >= 0.3 is 11.9 Å². The fourth-order valence-corrected chi connectivity index (χ4v) is 3.11. The fraction of sp³-hybridized carbons (Fsp3) is 0. The van der Waals surface area contributed by atoms with Crippen LogP contribution >= 0.6 is 22.6 Å². The highest BCUT2D eigenvalue weighted by molar-refractivity contribution is 14.1. The Kier molecular flexibility index (Phi) is 7.34. The SMILES string of the molecule is O=C(ONc1ccc(N=NC(=O)c2ccc([N+](=O)[O-])cc2[N+](=O)[O-])cc1)c1ccccc1I. The second-order valence-corrected chi connectivity index (χ2v) is 7.40. The van der Waals surface area contributed by atoms with E-state index in [4.69, 9.17) is 4.84 Å². The number of non-ortho nitro benzene ring substituents is 1. The number of rotatable bonds is 7.